The SMILES string of the molecule is C=Nc1[nH]ccc1/C(=N\C)c1ccc2c(c1)CCC(C1CCc3sc(C(=O)Cl)cc3C1)C2N. The first-order chi connectivity index (χ1) is 16.0. The molecule has 0 spiro atoms. The van der Waals surface area contributed by atoms with E-state index >= 15 is 0 Å². The Labute approximate surface area is 202 Å². The second-order valence-corrected chi connectivity index (χ2v) is 10.4. The van der Waals surface area contributed by atoms with Gasteiger partial charge in [0, 0.05) is 35.3 Å². The molecule has 0 bridgehead atoms. The highest BCUT2D eigenvalue weighted by atomic mass is 35.5. The molecule has 5 rings (SSSR count). The van der Waals surface area contributed by atoms with E-state index in [1.54, 1.807) is 18.4 Å². The summed E-state index contributed by atoms with van der Waals surface area (Å²) in [5, 5.41) is -0.351. The van der Waals surface area contributed by atoms with Gasteiger partial charge in [-0.25, -0.2) is 4.99 Å². The molecule has 2 heterocycles. The van der Waals surface area contributed by atoms with Crippen LogP contribution in [-0.2, 0) is 19.3 Å². The van der Waals surface area contributed by atoms with Crippen molar-refractivity contribution < 1.29 is 4.79 Å². The number of aliphatic imine (C=N–C) groups is 2. The summed E-state index contributed by atoms with van der Waals surface area (Å²) >= 11 is 7.27. The summed E-state index contributed by atoms with van der Waals surface area (Å²) in [6, 6.07) is 10.5. The van der Waals surface area contributed by atoms with Gasteiger partial charge in [-0.1, -0.05) is 12.1 Å². The summed E-state index contributed by atoms with van der Waals surface area (Å²) in [6.07, 6.45) is 7.06. The zero-order chi connectivity index (χ0) is 23.1. The van der Waals surface area contributed by atoms with Crippen LogP contribution in [0.25, 0.3) is 0 Å². The molecule has 3 atom stereocenters. The molecular weight excluding hydrogens is 452 g/mol. The van der Waals surface area contributed by atoms with E-state index in [-0.39, 0.29) is 11.3 Å². The number of aryl methyl sites for hydroxylation is 2. The molecule has 2 aliphatic carbocycles. The maximum atomic E-state index is 11.6. The van der Waals surface area contributed by atoms with Crippen LogP contribution >= 0.6 is 22.9 Å². The number of carbonyl (C=O) groups is 1. The van der Waals surface area contributed by atoms with E-state index in [1.165, 1.54) is 21.6 Å². The minimum absolute atomic E-state index is 0.0155. The molecule has 0 fully saturated rings. The smallest absolute Gasteiger partial charge is 0.262 e. The molecule has 0 saturated carbocycles. The first-order valence-corrected chi connectivity index (χ1v) is 12.5. The number of fused-ring (bicyclic) bond motifs is 2. The summed E-state index contributed by atoms with van der Waals surface area (Å²) in [5.41, 5.74) is 13.6. The standard InChI is InChI=1S/C26H27ClN4OS/c1-29-24(20-9-10-31-26(20)30-2)16-4-7-19-14(11-16)3-6-18(23(19)28)15-5-8-21-17(12-15)13-22(33-21)25(27)32/h4,7,9-11,13,15,18,23,31H,2-3,5-6,8,12,28H2,1H3/b29-24-. The van der Waals surface area contributed by atoms with Crippen molar-refractivity contribution in [2.75, 3.05) is 7.05 Å². The van der Waals surface area contributed by atoms with Crippen LogP contribution in [0.15, 0.2) is 46.5 Å². The van der Waals surface area contributed by atoms with Gasteiger partial charge in [0.1, 0.15) is 5.82 Å². The molecule has 3 N–H and O–H groups in total. The van der Waals surface area contributed by atoms with E-state index in [0.29, 0.717) is 16.7 Å². The fourth-order valence-electron chi connectivity index (χ4n) is 5.66. The first kappa shape index (κ1) is 22.3. The Kier molecular flexibility index (Phi) is 6.08. The lowest BCUT2D eigenvalue weighted by Crippen LogP contribution is -2.35. The summed E-state index contributed by atoms with van der Waals surface area (Å²) < 4.78 is 0. The minimum atomic E-state index is -0.351. The molecule has 33 heavy (non-hydrogen) atoms. The number of aromatic amines is 1. The molecule has 0 radical (unpaired) electrons. The molecule has 7 heteroatoms. The molecule has 5 nitrogen and oxygen atoms in total. The number of hydrogen-bond acceptors (Lipinski definition) is 5. The van der Waals surface area contributed by atoms with E-state index in [9.17, 15) is 4.79 Å². The molecule has 3 aromatic rings. The Hall–Kier alpha value is -2.54. The van der Waals surface area contributed by atoms with Crippen LogP contribution < -0.4 is 5.73 Å². The third kappa shape index (κ3) is 4.01. The van der Waals surface area contributed by atoms with Crippen molar-refractivity contribution in [3.05, 3.63) is 74.1 Å². The number of nitrogens with one attached hydrogen (secondary N) is 1. The fraction of sp³-hybridized carbons (Fsp3) is 0.346. The van der Waals surface area contributed by atoms with Gasteiger partial charge in [-0.15, -0.1) is 11.3 Å². The van der Waals surface area contributed by atoms with Crippen molar-refractivity contribution in [1.29, 1.82) is 0 Å². The van der Waals surface area contributed by atoms with Crippen LogP contribution in [0.5, 0.6) is 0 Å². The summed E-state index contributed by atoms with van der Waals surface area (Å²) in [4.78, 5) is 25.3. The molecule has 0 amide bonds. The van der Waals surface area contributed by atoms with Crippen LogP contribution in [0.2, 0.25) is 0 Å². The number of nitrogens with zero attached hydrogens (tertiary/aromatic N) is 2. The number of hydrogen-bond donors (Lipinski definition) is 2. The number of benzene rings is 1. The molecule has 0 aliphatic heterocycles. The highest BCUT2D eigenvalue weighted by Gasteiger charge is 2.35. The monoisotopic (exact) mass is 478 g/mol. The molecule has 3 unspecified atom stereocenters. The Morgan fingerprint density at radius 2 is 2.06 bits per heavy atom. The van der Waals surface area contributed by atoms with Crippen LogP contribution in [0.4, 0.5) is 5.82 Å². The zero-order valence-corrected chi connectivity index (χ0v) is 20.2. The van der Waals surface area contributed by atoms with Crippen molar-refractivity contribution >= 4 is 46.4 Å². The normalized spacial score (nSPS) is 22.5. The summed E-state index contributed by atoms with van der Waals surface area (Å²) in [7, 11) is 1.81. The van der Waals surface area contributed by atoms with E-state index in [0.717, 1.165) is 54.8 Å². The fourth-order valence-corrected chi connectivity index (χ4v) is 6.87. The lowest BCUT2D eigenvalue weighted by Gasteiger charge is -2.38. The minimum Gasteiger partial charge on any atom is -0.346 e. The van der Waals surface area contributed by atoms with Crippen LogP contribution in [0, 0.1) is 11.8 Å². The lowest BCUT2D eigenvalue weighted by atomic mass is 9.69. The Morgan fingerprint density at radius 3 is 2.82 bits per heavy atom. The second-order valence-electron chi connectivity index (χ2n) is 8.95. The van der Waals surface area contributed by atoms with Crippen molar-refractivity contribution in [3.8, 4) is 0 Å². The van der Waals surface area contributed by atoms with E-state index in [1.807, 2.05) is 18.3 Å². The van der Waals surface area contributed by atoms with Gasteiger partial charge >= 0.3 is 0 Å². The van der Waals surface area contributed by atoms with Crippen LogP contribution in [0.1, 0.15) is 61.2 Å². The molecule has 2 aromatic heterocycles. The van der Waals surface area contributed by atoms with E-state index < -0.39 is 0 Å². The quantitative estimate of drug-likeness (QED) is 0.368. The van der Waals surface area contributed by atoms with Crippen molar-refractivity contribution in [1.82, 2.24) is 4.98 Å². The molecule has 2 aliphatic rings. The third-order valence-corrected chi connectivity index (χ3v) is 8.82. The van der Waals surface area contributed by atoms with Gasteiger partial charge in [-0.3, -0.25) is 9.79 Å². The van der Waals surface area contributed by atoms with Gasteiger partial charge < -0.3 is 10.7 Å². The van der Waals surface area contributed by atoms with Crippen molar-refractivity contribution in [3.63, 3.8) is 0 Å². The van der Waals surface area contributed by atoms with Gasteiger partial charge in [-0.05, 0) is 97.1 Å². The third-order valence-electron chi connectivity index (χ3n) is 7.27. The van der Waals surface area contributed by atoms with Gasteiger partial charge in [-0.2, -0.15) is 0 Å². The highest BCUT2D eigenvalue weighted by Crippen LogP contribution is 2.44. The molecule has 0 saturated heterocycles. The Balaban J connectivity index is 1.38. The van der Waals surface area contributed by atoms with Gasteiger partial charge in [0.25, 0.3) is 5.24 Å². The molecule has 170 valence electrons. The molecular formula is C26H27ClN4OS. The maximum Gasteiger partial charge on any atom is 0.262 e. The van der Waals surface area contributed by atoms with Gasteiger partial charge in [0.2, 0.25) is 0 Å². The first-order valence-electron chi connectivity index (χ1n) is 11.3. The zero-order valence-electron chi connectivity index (χ0n) is 18.6. The van der Waals surface area contributed by atoms with Crippen molar-refractivity contribution in [2.45, 2.75) is 38.1 Å². The Morgan fingerprint density at radius 1 is 1.21 bits per heavy atom. The van der Waals surface area contributed by atoms with E-state index in [2.05, 4.69) is 39.9 Å². The maximum absolute atomic E-state index is 11.6. The number of rotatable bonds is 5. The lowest BCUT2D eigenvalue weighted by molar-refractivity contribution is 0.108. The average Bonchev–Trinajstić information content (AvgIpc) is 3.46. The number of carbonyl (C=O) groups excluding carboxylic acids is 1. The largest absolute Gasteiger partial charge is 0.346 e. The van der Waals surface area contributed by atoms with Crippen LogP contribution in [0.3, 0.4) is 0 Å². The number of aromatic nitrogens is 1. The highest BCUT2D eigenvalue weighted by molar-refractivity contribution is 7.16. The topological polar surface area (TPSA) is 83.6 Å². The second kappa shape index (κ2) is 9.01. The van der Waals surface area contributed by atoms with Gasteiger partial charge in [0.05, 0.1) is 10.6 Å². The molecule has 1 aromatic carbocycles. The number of H-pyrrole nitrogens is 1. The predicted octanol–water partition coefficient (Wildman–Crippen LogP) is 5.62. The van der Waals surface area contributed by atoms with Crippen molar-refractivity contribution in [2.24, 2.45) is 27.6 Å². The average molecular weight is 479 g/mol. The predicted molar refractivity (Wildman–Crippen MR) is 137 cm³/mol. The Bertz CT molecular complexity index is 1260. The number of halogens is 1. The van der Waals surface area contributed by atoms with E-state index in [4.69, 9.17) is 17.3 Å². The van der Waals surface area contributed by atoms with Crippen LogP contribution in [-0.4, -0.2) is 29.7 Å². The summed E-state index contributed by atoms with van der Waals surface area (Å²) in [6.45, 7) is 3.66. The number of thiophene rings is 1. The van der Waals surface area contributed by atoms with Gasteiger partial charge in [0.15, 0.2) is 0 Å². The number of nitrogens with two attached hydrogens (primary N) is 1. The summed E-state index contributed by atoms with van der Waals surface area (Å²) in [5.74, 6) is 1.70.